The van der Waals surface area contributed by atoms with E-state index in [1.807, 2.05) is 19.9 Å². The van der Waals surface area contributed by atoms with Crippen molar-refractivity contribution in [2.75, 3.05) is 0 Å². The number of unbranched alkanes of at least 4 members (excludes halogenated alkanes) is 1. The maximum Gasteiger partial charge on any atom is 0.307 e. The lowest BCUT2D eigenvalue weighted by Gasteiger charge is -2.25. The van der Waals surface area contributed by atoms with Gasteiger partial charge in [0.2, 0.25) is 0 Å². The summed E-state index contributed by atoms with van der Waals surface area (Å²) in [4.78, 5) is 23.9. The van der Waals surface area contributed by atoms with Crippen LogP contribution in [0, 0.1) is 11.3 Å². The number of ether oxygens (including phenoxy) is 1. The first-order valence-corrected chi connectivity index (χ1v) is 7.85. The molecule has 1 aliphatic carbocycles. The molecular formula is C17H26O3. The SMILES string of the molecule is CCCCC(C)(C)C(=O)C=C[C@@]12CCC[C@H]1CC(=O)O2. The number of fused-ring (bicyclic) bond motifs is 1. The highest BCUT2D eigenvalue weighted by atomic mass is 16.6. The molecule has 0 radical (unpaired) electrons. The van der Waals surface area contributed by atoms with E-state index >= 15 is 0 Å². The van der Waals surface area contributed by atoms with Crippen molar-refractivity contribution in [3.05, 3.63) is 12.2 Å². The lowest BCUT2D eigenvalue weighted by atomic mass is 9.81. The molecule has 3 nitrogen and oxygen atoms in total. The second-order valence-corrected chi connectivity index (χ2v) is 6.91. The van der Waals surface area contributed by atoms with Gasteiger partial charge in [0.1, 0.15) is 5.60 Å². The van der Waals surface area contributed by atoms with Gasteiger partial charge in [0, 0.05) is 11.3 Å². The molecule has 1 saturated heterocycles. The van der Waals surface area contributed by atoms with Gasteiger partial charge >= 0.3 is 5.97 Å². The fourth-order valence-electron chi connectivity index (χ4n) is 3.37. The third kappa shape index (κ3) is 2.97. The Labute approximate surface area is 121 Å². The van der Waals surface area contributed by atoms with Gasteiger partial charge in [-0.2, -0.15) is 0 Å². The zero-order valence-corrected chi connectivity index (χ0v) is 12.9. The van der Waals surface area contributed by atoms with Gasteiger partial charge in [0.05, 0.1) is 6.42 Å². The summed E-state index contributed by atoms with van der Waals surface area (Å²) in [6.45, 7) is 6.13. The number of allylic oxidation sites excluding steroid dienone is 1. The molecule has 1 saturated carbocycles. The van der Waals surface area contributed by atoms with Crippen molar-refractivity contribution >= 4 is 11.8 Å². The largest absolute Gasteiger partial charge is 0.454 e. The normalized spacial score (nSPS) is 29.8. The van der Waals surface area contributed by atoms with E-state index in [4.69, 9.17) is 4.74 Å². The van der Waals surface area contributed by atoms with Gasteiger partial charge < -0.3 is 4.74 Å². The number of hydrogen-bond donors (Lipinski definition) is 0. The summed E-state index contributed by atoms with van der Waals surface area (Å²) in [6.07, 6.45) is 10.1. The first-order chi connectivity index (χ1) is 9.39. The van der Waals surface area contributed by atoms with Crippen LogP contribution < -0.4 is 0 Å². The molecule has 0 amide bonds. The maximum atomic E-state index is 12.4. The molecule has 0 spiro atoms. The standard InChI is InChI=1S/C17H26O3/c1-4-5-9-16(2,3)14(18)8-11-17-10-6-7-13(17)12-15(19)20-17/h8,11,13H,4-7,9-10,12H2,1-3H3/t13-,17-/m0/s1. The average Bonchev–Trinajstić information content (AvgIpc) is 2.89. The van der Waals surface area contributed by atoms with Crippen LogP contribution in [0.25, 0.3) is 0 Å². The van der Waals surface area contributed by atoms with E-state index in [0.717, 1.165) is 38.5 Å². The topological polar surface area (TPSA) is 43.4 Å². The van der Waals surface area contributed by atoms with Crippen molar-refractivity contribution in [3.63, 3.8) is 0 Å². The van der Waals surface area contributed by atoms with Crippen molar-refractivity contribution in [3.8, 4) is 0 Å². The zero-order valence-electron chi connectivity index (χ0n) is 12.9. The van der Waals surface area contributed by atoms with E-state index in [0.29, 0.717) is 6.42 Å². The van der Waals surface area contributed by atoms with E-state index in [9.17, 15) is 9.59 Å². The number of rotatable bonds is 6. The summed E-state index contributed by atoms with van der Waals surface area (Å²) >= 11 is 0. The van der Waals surface area contributed by atoms with Crippen LogP contribution in [0.3, 0.4) is 0 Å². The Morgan fingerprint density at radius 1 is 1.50 bits per heavy atom. The fraction of sp³-hybridized carbons (Fsp3) is 0.765. The molecule has 112 valence electrons. The monoisotopic (exact) mass is 278 g/mol. The summed E-state index contributed by atoms with van der Waals surface area (Å²) in [5.41, 5.74) is -0.798. The van der Waals surface area contributed by atoms with Gasteiger partial charge in [-0.15, -0.1) is 0 Å². The summed E-state index contributed by atoms with van der Waals surface area (Å²) < 4.78 is 5.54. The molecule has 1 heterocycles. The van der Waals surface area contributed by atoms with Crippen LogP contribution in [-0.4, -0.2) is 17.4 Å². The van der Waals surface area contributed by atoms with E-state index in [1.54, 1.807) is 6.08 Å². The Balaban J connectivity index is 2.05. The number of ketones is 1. The number of carbonyl (C=O) groups excluding carboxylic acids is 2. The van der Waals surface area contributed by atoms with Gasteiger partial charge in [-0.3, -0.25) is 9.59 Å². The third-order valence-electron chi connectivity index (χ3n) is 4.87. The van der Waals surface area contributed by atoms with Crippen LogP contribution in [0.1, 0.15) is 65.7 Å². The quantitative estimate of drug-likeness (QED) is 0.548. The molecule has 0 aromatic rings. The van der Waals surface area contributed by atoms with E-state index in [2.05, 4.69) is 6.92 Å². The first kappa shape index (κ1) is 15.3. The lowest BCUT2D eigenvalue weighted by molar-refractivity contribution is -0.145. The molecular weight excluding hydrogens is 252 g/mol. The lowest BCUT2D eigenvalue weighted by Crippen LogP contribution is -2.29. The predicted molar refractivity (Wildman–Crippen MR) is 78.2 cm³/mol. The minimum atomic E-state index is -0.479. The summed E-state index contributed by atoms with van der Waals surface area (Å²) in [5, 5.41) is 0. The highest BCUT2D eigenvalue weighted by molar-refractivity contribution is 5.94. The van der Waals surface area contributed by atoms with Gasteiger partial charge in [-0.25, -0.2) is 0 Å². The van der Waals surface area contributed by atoms with Crippen LogP contribution in [0.15, 0.2) is 12.2 Å². The van der Waals surface area contributed by atoms with Crippen molar-refractivity contribution in [2.24, 2.45) is 11.3 Å². The summed E-state index contributed by atoms with van der Waals surface area (Å²) in [5.74, 6) is 0.309. The minimum Gasteiger partial charge on any atom is -0.454 e. The van der Waals surface area contributed by atoms with Crippen LogP contribution in [0.2, 0.25) is 0 Å². The van der Waals surface area contributed by atoms with Crippen molar-refractivity contribution in [2.45, 2.75) is 71.3 Å². The van der Waals surface area contributed by atoms with Crippen LogP contribution >= 0.6 is 0 Å². The molecule has 20 heavy (non-hydrogen) atoms. The Morgan fingerprint density at radius 3 is 2.95 bits per heavy atom. The fourth-order valence-corrected chi connectivity index (χ4v) is 3.37. The smallest absolute Gasteiger partial charge is 0.307 e. The molecule has 1 aliphatic heterocycles. The van der Waals surface area contributed by atoms with Gasteiger partial charge in [-0.1, -0.05) is 33.6 Å². The molecule has 0 aromatic carbocycles. The van der Waals surface area contributed by atoms with Crippen molar-refractivity contribution in [1.82, 2.24) is 0 Å². The van der Waals surface area contributed by atoms with Gasteiger partial charge in [0.25, 0.3) is 0 Å². The van der Waals surface area contributed by atoms with E-state index in [1.165, 1.54) is 0 Å². The highest BCUT2D eigenvalue weighted by Crippen LogP contribution is 2.47. The predicted octanol–water partition coefficient (Wildman–Crippen LogP) is 3.81. The summed E-state index contributed by atoms with van der Waals surface area (Å²) in [6, 6.07) is 0. The first-order valence-electron chi connectivity index (χ1n) is 7.85. The molecule has 3 heteroatoms. The molecule has 2 aliphatic rings. The van der Waals surface area contributed by atoms with Crippen LogP contribution in [0.4, 0.5) is 0 Å². The Hall–Kier alpha value is -1.12. The Morgan fingerprint density at radius 2 is 2.25 bits per heavy atom. The van der Waals surface area contributed by atoms with Crippen LogP contribution in [0.5, 0.6) is 0 Å². The molecule has 2 rings (SSSR count). The average molecular weight is 278 g/mol. The van der Waals surface area contributed by atoms with Crippen molar-refractivity contribution < 1.29 is 14.3 Å². The second kappa shape index (κ2) is 5.71. The molecule has 0 N–H and O–H groups in total. The summed E-state index contributed by atoms with van der Waals surface area (Å²) in [7, 11) is 0. The molecule has 2 fully saturated rings. The Bertz CT molecular complexity index is 422. The van der Waals surface area contributed by atoms with Crippen molar-refractivity contribution in [1.29, 1.82) is 0 Å². The molecule has 0 aromatic heterocycles. The van der Waals surface area contributed by atoms with Gasteiger partial charge in [-0.05, 0) is 37.8 Å². The van der Waals surface area contributed by atoms with Gasteiger partial charge in [0.15, 0.2) is 5.78 Å². The third-order valence-corrected chi connectivity index (χ3v) is 4.87. The highest BCUT2D eigenvalue weighted by Gasteiger charge is 2.50. The molecule has 2 atom stereocenters. The minimum absolute atomic E-state index is 0.114. The zero-order chi connectivity index (χ0) is 14.8. The Kier molecular flexibility index (Phi) is 4.36. The second-order valence-electron chi connectivity index (χ2n) is 6.91. The molecule has 0 bridgehead atoms. The number of carbonyl (C=O) groups is 2. The number of esters is 1. The van der Waals surface area contributed by atoms with Crippen LogP contribution in [-0.2, 0) is 14.3 Å². The maximum absolute atomic E-state index is 12.4. The van der Waals surface area contributed by atoms with E-state index in [-0.39, 0.29) is 23.1 Å². The van der Waals surface area contributed by atoms with E-state index < -0.39 is 5.60 Å². The number of hydrogen-bond acceptors (Lipinski definition) is 3. The molecule has 0 unspecified atom stereocenters.